The van der Waals surface area contributed by atoms with Gasteiger partial charge in [0.25, 0.3) is 5.91 Å². The van der Waals surface area contributed by atoms with Crippen LogP contribution in [0, 0.1) is 18.8 Å². The molecule has 0 spiro atoms. The summed E-state index contributed by atoms with van der Waals surface area (Å²) in [5.41, 5.74) is 1.77. The first-order valence-corrected chi connectivity index (χ1v) is 6.92. The van der Waals surface area contributed by atoms with E-state index in [0.717, 1.165) is 28.1 Å². The van der Waals surface area contributed by atoms with E-state index in [2.05, 4.69) is 28.2 Å². The van der Waals surface area contributed by atoms with Crippen molar-refractivity contribution in [1.82, 2.24) is 5.32 Å². The van der Waals surface area contributed by atoms with Crippen LogP contribution in [0.2, 0.25) is 0 Å². The predicted octanol–water partition coefficient (Wildman–Crippen LogP) is 3.53. The predicted molar refractivity (Wildman–Crippen MR) is 73.1 cm³/mol. The van der Waals surface area contributed by atoms with Gasteiger partial charge in [-0.25, -0.2) is 0 Å². The molecule has 1 aliphatic rings. The van der Waals surface area contributed by atoms with E-state index in [4.69, 9.17) is 0 Å². The van der Waals surface area contributed by atoms with Crippen molar-refractivity contribution in [2.24, 2.45) is 11.8 Å². The zero-order chi connectivity index (χ0) is 12.4. The average molecular weight is 296 g/mol. The Hall–Kier alpha value is -0.830. The smallest absolute Gasteiger partial charge is 0.251 e. The first-order chi connectivity index (χ1) is 8.09. The zero-order valence-electron chi connectivity index (χ0n) is 10.3. The van der Waals surface area contributed by atoms with E-state index in [9.17, 15) is 4.79 Å². The Kier molecular flexibility index (Phi) is 3.87. The number of benzene rings is 1. The van der Waals surface area contributed by atoms with Gasteiger partial charge in [-0.05, 0) is 49.3 Å². The maximum absolute atomic E-state index is 12.0. The number of carbonyl (C=O) groups is 1. The van der Waals surface area contributed by atoms with Crippen LogP contribution in [0.1, 0.15) is 35.7 Å². The standard InChI is InChI=1S/C14H18BrNO/c1-9(11-6-7-11)8-16-14(17)12-4-3-5-13(15)10(12)2/h3-5,9,11H,6-8H2,1-2H3,(H,16,17). The minimum atomic E-state index is 0.0382. The molecule has 0 aromatic heterocycles. The lowest BCUT2D eigenvalue weighted by Gasteiger charge is -2.13. The highest BCUT2D eigenvalue weighted by molar-refractivity contribution is 9.10. The Morgan fingerprint density at radius 1 is 1.53 bits per heavy atom. The quantitative estimate of drug-likeness (QED) is 0.904. The molecule has 0 heterocycles. The van der Waals surface area contributed by atoms with Gasteiger partial charge in [-0.3, -0.25) is 4.79 Å². The van der Waals surface area contributed by atoms with Crippen molar-refractivity contribution >= 4 is 21.8 Å². The molecule has 1 aromatic carbocycles. The van der Waals surface area contributed by atoms with Crippen LogP contribution < -0.4 is 5.32 Å². The largest absolute Gasteiger partial charge is 0.352 e. The van der Waals surface area contributed by atoms with Gasteiger partial charge in [-0.15, -0.1) is 0 Å². The Morgan fingerprint density at radius 3 is 2.88 bits per heavy atom. The number of hydrogen-bond donors (Lipinski definition) is 1. The van der Waals surface area contributed by atoms with Gasteiger partial charge in [0, 0.05) is 16.6 Å². The molecule has 1 atom stereocenters. The van der Waals surface area contributed by atoms with E-state index in [1.807, 2.05) is 25.1 Å². The lowest BCUT2D eigenvalue weighted by atomic mass is 10.1. The van der Waals surface area contributed by atoms with Crippen molar-refractivity contribution in [2.75, 3.05) is 6.54 Å². The van der Waals surface area contributed by atoms with E-state index < -0.39 is 0 Å². The molecular weight excluding hydrogens is 278 g/mol. The maximum Gasteiger partial charge on any atom is 0.251 e. The highest BCUT2D eigenvalue weighted by Crippen LogP contribution is 2.36. The van der Waals surface area contributed by atoms with E-state index in [0.29, 0.717) is 5.92 Å². The Balaban J connectivity index is 1.96. The van der Waals surface area contributed by atoms with Crippen molar-refractivity contribution in [3.8, 4) is 0 Å². The third-order valence-electron chi connectivity index (χ3n) is 3.52. The third-order valence-corrected chi connectivity index (χ3v) is 4.38. The summed E-state index contributed by atoms with van der Waals surface area (Å²) in [7, 11) is 0. The van der Waals surface area contributed by atoms with Crippen molar-refractivity contribution in [3.05, 3.63) is 33.8 Å². The number of halogens is 1. The van der Waals surface area contributed by atoms with Crippen LogP contribution in [0.15, 0.2) is 22.7 Å². The second kappa shape index (κ2) is 5.21. The summed E-state index contributed by atoms with van der Waals surface area (Å²) < 4.78 is 0.986. The summed E-state index contributed by atoms with van der Waals surface area (Å²) in [6.07, 6.45) is 2.65. The lowest BCUT2D eigenvalue weighted by Crippen LogP contribution is -2.29. The van der Waals surface area contributed by atoms with Crippen LogP contribution in [-0.4, -0.2) is 12.5 Å². The maximum atomic E-state index is 12.0. The molecular formula is C14H18BrNO. The van der Waals surface area contributed by atoms with Gasteiger partial charge in [0.15, 0.2) is 0 Å². The SMILES string of the molecule is Cc1c(Br)cccc1C(=O)NCC(C)C1CC1. The minimum absolute atomic E-state index is 0.0382. The van der Waals surface area contributed by atoms with Crippen molar-refractivity contribution < 1.29 is 4.79 Å². The average Bonchev–Trinajstić information content (AvgIpc) is 3.13. The number of carbonyl (C=O) groups excluding carboxylic acids is 1. The molecule has 1 aliphatic carbocycles. The number of rotatable bonds is 4. The summed E-state index contributed by atoms with van der Waals surface area (Å²) in [5, 5.41) is 3.03. The fraction of sp³-hybridized carbons (Fsp3) is 0.500. The molecule has 0 bridgehead atoms. The molecule has 0 saturated heterocycles. The van der Waals surface area contributed by atoms with Gasteiger partial charge in [0.1, 0.15) is 0 Å². The van der Waals surface area contributed by atoms with Gasteiger partial charge < -0.3 is 5.32 Å². The molecule has 92 valence electrons. The summed E-state index contributed by atoms with van der Waals surface area (Å²) in [6.45, 7) is 4.96. The fourth-order valence-corrected chi connectivity index (χ4v) is 2.40. The van der Waals surface area contributed by atoms with Crippen LogP contribution in [0.25, 0.3) is 0 Å². The van der Waals surface area contributed by atoms with Gasteiger partial charge in [-0.1, -0.05) is 28.9 Å². The van der Waals surface area contributed by atoms with Gasteiger partial charge in [0.05, 0.1) is 0 Å². The van der Waals surface area contributed by atoms with Crippen LogP contribution in [0.5, 0.6) is 0 Å². The molecule has 17 heavy (non-hydrogen) atoms. The molecule has 1 amide bonds. The second-order valence-corrected chi connectivity index (χ2v) is 5.79. The summed E-state index contributed by atoms with van der Waals surface area (Å²) in [5.74, 6) is 1.47. The van der Waals surface area contributed by atoms with Crippen LogP contribution in [0.3, 0.4) is 0 Å². The molecule has 3 heteroatoms. The van der Waals surface area contributed by atoms with Crippen molar-refractivity contribution in [3.63, 3.8) is 0 Å². The molecule has 0 aliphatic heterocycles. The summed E-state index contributed by atoms with van der Waals surface area (Å²) in [4.78, 5) is 12.0. The van der Waals surface area contributed by atoms with E-state index in [1.165, 1.54) is 12.8 Å². The fourth-order valence-electron chi connectivity index (χ4n) is 2.03. The van der Waals surface area contributed by atoms with E-state index in [1.54, 1.807) is 0 Å². The molecule has 0 radical (unpaired) electrons. The van der Waals surface area contributed by atoms with E-state index >= 15 is 0 Å². The molecule has 1 unspecified atom stereocenters. The monoisotopic (exact) mass is 295 g/mol. The first-order valence-electron chi connectivity index (χ1n) is 6.13. The van der Waals surface area contributed by atoms with Crippen molar-refractivity contribution in [2.45, 2.75) is 26.7 Å². The molecule has 1 fully saturated rings. The zero-order valence-corrected chi connectivity index (χ0v) is 11.9. The van der Waals surface area contributed by atoms with Crippen LogP contribution in [0.4, 0.5) is 0 Å². The molecule has 1 N–H and O–H groups in total. The highest BCUT2D eigenvalue weighted by Gasteiger charge is 2.28. The topological polar surface area (TPSA) is 29.1 Å². The summed E-state index contributed by atoms with van der Waals surface area (Å²) >= 11 is 3.45. The van der Waals surface area contributed by atoms with Gasteiger partial charge in [-0.2, -0.15) is 0 Å². The normalized spacial score (nSPS) is 16.6. The summed E-state index contributed by atoms with van der Waals surface area (Å²) in [6, 6.07) is 5.73. The third kappa shape index (κ3) is 3.09. The second-order valence-electron chi connectivity index (χ2n) is 4.94. The Morgan fingerprint density at radius 2 is 2.24 bits per heavy atom. The minimum Gasteiger partial charge on any atom is -0.352 e. The lowest BCUT2D eigenvalue weighted by molar-refractivity contribution is 0.0946. The molecule has 2 nitrogen and oxygen atoms in total. The van der Waals surface area contributed by atoms with Crippen molar-refractivity contribution in [1.29, 1.82) is 0 Å². The number of nitrogens with one attached hydrogen (secondary N) is 1. The van der Waals surface area contributed by atoms with Crippen LogP contribution >= 0.6 is 15.9 Å². The Labute approximate surface area is 111 Å². The Bertz CT molecular complexity index is 426. The van der Waals surface area contributed by atoms with Crippen LogP contribution in [-0.2, 0) is 0 Å². The molecule has 1 aromatic rings. The molecule has 1 saturated carbocycles. The van der Waals surface area contributed by atoms with Gasteiger partial charge >= 0.3 is 0 Å². The number of amides is 1. The van der Waals surface area contributed by atoms with E-state index in [-0.39, 0.29) is 5.91 Å². The molecule has 2 rings (SSSR count). The highest BCUT2D eigenvalue weighted by atomic mass is 79.9. The first kappa shape index (κ1) is 12.6. The van der Waals surface area contributed by atoms with Gasteiger partial charge in [0.2, 0.25) is 0 Å². The number of hydrogen-bond acceptors (Lipinski definition) is 1.